The molecule has 6 nitrogen and oxygen atoms in total. The minimum absolute atomic E-state index is 0.0165. The number of hydrogen-bond acceptors (Lipinski definition) is 5. The number of aliphatic hydroxyl groups excluding tert-OH is 1. The van der Waals surface area contributed by atoms with Crippen molar-refractivity contribution in [3.8, 4) is 0 Å². The van der Waals surface area contributed by atoms with Crippen LogP contribution in [-0.4, -0.2) is 27.2 Å². The van der Waals surface area contributed by atoms with Gasteiger partial charge in [0.15, 0.2) is 4.67 Å². The van der Waals surface area contributed by atoms with Crippen molar-refractivity contribution in [3.63, 3.8) is 0 Å². The maximum atomic E-state index is 11.9. The molecule has 0 aliphatic rings. The van der Waals surface area contributed by atoms with Gasteiger partial charge in [-0.05, 0) is 52.3 Å². The van der Waals surface area contributed by atoms with Crippen molar-refractivity contribution in [1.82, 2.24) is 9.55 Å². The summed E-state index contributed by atoms with van der Waals surface area (Å²) in [5.74, 6) is 0.549. The van der Waals surface area contributed by atoms with E-state index in [4.69, 9.17) is 20.8 Å². The van der Waals surface area contributed by atoms with Crippen molar-refractivity contribution in [1.29, 1.82) is 0 Å². The van der Waals surface area contributed by atoms with Crippen LogP contribution in [0.1, 0.15) is 11.6 Å². The molecule has 2 aromatic heterocycles. The number of nitrogens with zero attached hydrogens (tertiary/aromatic N) is 2. The third-order valence-corrected chi connectivity index (χ3v) is 4.10. The van der Waals surface area contributed by atoms with Crippen molar-refractivity contribution >= 4 is 50.6 Å². The Kier molecular flexibility index (Phi) is 5.57. The van der Waals surface area contributed by atoms with Gasteiger partial charge in [0.2, 0.25) is 0 Å². The molecule has 0 bridgehead atoms. The van der Waals surface area contributed by atoms with E-state index in [0.29, 0.717) is 27.8 Å². The highest BCUT2D eigenvalue weighted by atomic mass is 79.9. The Morgan fingerprint density at radius 1 is 1.40 bits per heavy atom. The van der Waals surface area contributed by atoms with E-state index in [1.165, 1.54) is 12.2 Å². The van der Waals surface area contributed by atoms with Crippen LogP contribution >= 0.6 is 27.5 Å². The Balaban J connectivity index is 1.72. The Hall–Kier alpha value is -2.09. The van der Waals surface area contributed by atoms with Gasteiger partial charge in [-0.3, -0.25) is 0 Å². The van der Waals surface area contributed by atoms with E-state index >= 15 is 0 Å². The zero-order valence-electron chi connectivity index (χ0n) is 13.0. The molecule has 8 heteroatoms. The molecule has 0 amide bonds. The second-order valence-corrected chi connectivity index (χ2v) is 6.34. The smallest absolute Gasteiger partial charge is 0.331 e. The zero-order chi connectivity index (χ0) is 17.8. The number of carbonyl (C=O) groups is 1. The van der Waals surface area contributed by atoms with Gasteiger partial charge >= 0.3 is 5.97 Å². The highest BCUT2D eigenvalue weighted by Crippen LogP contribution is 2.21. The Morgan fingerprint density at radius 2 is 2.24 bits per heavy atom. The van der Waals surface area contributed by atoms with E-state index in [1.807, 2.05) is 0 Å². The van der Waals surface area contributed by atoms with Gasteiger partial charge in [0.1, 0.15) is 18.2 Å². The molecule has 0 unspecified atom stereocenters. The summed E-state index contributed by atoms with van der Waals surface area (Å²) in [6, 6.07) is 8.73. The lowest BCUT2D eigenvalue weighted by Crippen LogP contribution is -2.10. The summed E-state index contributed by atoms with van der Waals surface area (Å²) < 4.78 is 12.9. The Labute approximate surface area is 156 Å². The van der Waals surface area contributed by atoms with Gasteiger partial charge in [-0.1, -0.05) is 11.6 Å². The summed E-state index contributed by atoms with van der Waals surface area (Å²) in [5.41, 5.74) is 1.50. The normalized spacial score (nSPS) is 11.5. The van der Waals surface area contributed by atoms with Crippen LogP contribution in [-0.2, 0) is 22.7 Å². The summed E-state index contributed by atoms with van der Waals surface area (Å²) in [4.78, 5) is 16.3. The van der Waals surface area contributed by atoms with Crippen LogP contribution in [0.4, 0.5) is 0 Å². The van der Waals surface area contributed by atoms with Crippen molar-refractivity contribution in [3.05, 3.63) is 57.7 Å². The van der Waals surface area contributed by atoms with Crippen molar-refractivity contribution in [2.75, 3.05) is 6.61 Å². The minimum Gasteiger partial charge on any atom is -0.454 e. The fourth-order valence-electron chi connectivity index (χ4n) is 2.36. The zero-order valence-corrected chi connectivity index (χ0v) is 15.3. The average molecular weight is 426 g/mol. The standard InChI is InChI=1S/C17H14BrClN2O4/c18-15-5-2-12(25-15)3-6-17(23)24-10-16-20-13-4-1-11(19)9-14(13)21(16)7-8-22/h1-6,9,22H,7-8,10H2. The summed E-state index contributed by atoms with van der Waals surface area (Å²) in [5, 5.41) is 9.84. The SMILES string of the molecule is O=C(C=Cc1ccc(Br)o1)OCc1nc2ccc(Cl)cc2n1CCO. The van der Waals surface area contributed by atoms with E-state index in [0.717, 1.165) is 11.0 Å². The van der Waals surface area contributed by atoms with Crippen LogP contribution in [0.15, 0.2) is 45.5 Å². The van der Waals surface area contributed by atoms with Gasteiger partial charge in [-0.2, -0.15) is 0 Å². The fraction of sp³-hybridized carbons (Fsp3) is 0.176. The molecular formula is C17H14BrClN2O4. The van der Waals surface area contributed by atoms with E-state index in [1.54, 1.807) is 34.9 Å². The second kappa shape index (κ2) is 7.86. The molecule has 3 aromatic rings. The monoisotopic (exact) mass is 424 g/mol. The minimum atomic E-state index is -0.520. The first-order chi connectivity index (χ1) is 12.1. The first kappa shape index (κ1) is 17.7. The molecule has 0 aliphatic heterocycles. The number of imidazole rings is 1. The van der Waals surface area contributed by atoms with Gasteiger partial charge in [-0.15, -0.1) is 0 Å². The predicted molar refractivity (Wildman–Crippen MR) is 97.1 cm³/mol. The van der Waals surface area contributed by atoms with Crippen LogP contribution < -0.4 is 0 Å². The van der Waals surface area contributed by atoms with E-state index in [2.05, 4.69) is 20.9 Å². The molecular weight excluding hydrogens is 412 g/mol. The molecule has 0 spiro atoms. The van der Waals surface area contributed by atoms with Crippen molar-refractivity contribution < 1.29 is 19.1 Å². The molecule has 1 N–H and O–H groups in total. The number of ether oxygens (including phenoxy) is 1. The Morgan fingerprint density at radius 3 is 2.96 bits per heavy atom. The molecule has 2 heterocycles. The van der Waals surface area contributed by atoms with Crippen molar-refractivity contribution in [2.24, 2.45) is 0 Å². The molecule has 0 aliphatic carbocycles. The number of aliphatic hydroxyl groups is 1. The lowest BCUT2D eigenvalue weighted by atomic mass is 10.3. The van der Waals surface area contributed by atoms with Gasteiger partial charge < -0.3 is 18.8 Å². The molecule has 0 saturated heterocycles. The first-order valence-corrected chi connectivity index (χ1v) is 8.59. The number of hydrogen-bond donors (Lipinski definition) is 1. The average Bonchev–Trinajstić information content (AvgIpc) is 3.15. The summed E-state index contributed by atoms with van der Waals surface area (Å²) in [6.07, 6.45) is 2.80. The topological polar surface area (TPSA) is 77.5 Å². The molecule has 0 saturated carbocycles. The van der Waals surface area contributed by atoms with E-state index in [9.17, 15) is 9.90 Å². The molecule has 3 rings (SSSR count). The first-order valence-electron chi connectivity index (χ1n) is 7.42. The van der Waals surface area contributed by atoms with Gasteiger partial charge in [0, 0.05) is 17.6 Å². The quantitative estimate of drug-likeness (QED) is 0.480. The number of aromatic nitrogens is 2. The van der Waals surface area contributed by atoms with Gasteiger partial charge in [0.25, 0.3) is 0 Å². The molecule has 25 heavy (non-hydrogen) atoms. The fourth-order valence-corrected chi connectivity index (χ4v) is 2.84. The highest BCUT2D eigenvalue weighted by molar-refractivity contribution is 9.10. The lowest BCUT2D eigenvalue weighted by molar-refractivity contribution is -0.139. The number of fused-ring (bicyclic) bond motifs is 1. The maximum absolute atomic E-state index is 11.9. The number of halogens is 2. The van der Waals surface area contributed by atoms with Crippen LogP contribution in [0, 0.1) is 0 Å². The van der Waals surface area contributed by atoms with Gasteiger partial charge in [0.05, 0.1) is 17.6 Å². The second-order valence-electron chi connectivity index (χ2n) is 5.12. The number of rotatable bonds is 6. The van der Waals surface area contributed by atoms with Crippen molar-refractivity contribution in [2.45, 2.75) is 13.2 Å². The molecule has 0 radical (unpaired) electrons. The number of benzene rings is 1. The third kappa shape index (κ3) is 4.31. The van der Waals surface area contributed by atoms with E-state index < -0.39 is 5.97 Å². The largest absolute Gasteiger partial charge is 0.454 e. The maximum Gasteiger partial charge on any atom is 0.331 e. The molecule has 130 valence electrons. The van der Waals surface area contributed by atoms with Gasteiger partial charge in [-0.25, -0.2) is 9.78 Å². The molecule has 1 aromatic carbocycles. The van der Waals surface area contributed by atoms with Crippen LogP contribution in [0.25, 0.3) is 17.1 Å². The Bertz CT molecular complexity index is 932. The predicted octanol–water partition coefficient (Wildman–Crippen LogP) is 3.79. The highest BCUT2D eigenvalue weighted by Gasteiger charge is 2.12. The van der Waals surface area contributed by atoms with Crippen LogP contribution in [0.5, 0.6) is 0 Å². The number of furan rings is 1. The number of esters is 1. The van der Waals surface area contributed by atoms with E-state index in [-0.39, 0.29) is 13.2 Å². The summed E-state index contributed by atoms with van der Waals surface area (Å²) in [7, 11) is 0. The third-order valence-electron chi connectivity index (χ3n) is 3.43. The summed E-state index contributed by atoms with van der Waals surface area (Å²) >= 11 is 9.21. The molecule has 0 atom stereocenters. The lowest BCUT2D eigenvalue weighted by Gasteiger charge is -2.07. The number of carbonyl (C=O) groups excluding carboxylic acids is 1. The van der Waals surface area contributed by atoms with Crippen LogP contribution in [0.2, 0.25) is 5.02 Å². The molecule has 0 fully saturated rings. The summed E-state index contributed by atoms with van der Waals surface area (Å²) in [6.45, 7) is 0.253. The van der Waals surface area contributed by atoms with Crippen LogP contribution in [0.3, 0.4) is 0 Å².